The molecule has 0 atom stereocenters. The van der Waals surface area contributed by atoms with Gasteiger partial charge in [0, 0.05) is 25.5 Å². The van der Waals surface area contributed by atoms with E-state index in [2.05, 4.69) is 22.4 Å². The number of hydrogen-bond acceptors (Lipinski definition) is 3. The molecule has 2 aromatic rings. The van der Waals surface area contributed by atoms with Crippen molar-refractivity contribution in [2.75, 3.05) is 7.11 Å². The molecule has 4 heteroatoms. The van der Waals surface area contributed by atoms with E-state index < -0.39 is 0 Å². The second-order valence-corrected chi connectivity index (χ2v) is 3.81. The number of aromatic nitrogens is 1. The first-order valence-corrected chi connectivity index (χ1v) is 5.61. The summed E-state index contributed by atoms with van der Waals surface area (Å²) in [6.07, 6.45) is 3.62. The number of ether oxygens (including phenoxy) is 1. The van der Waals surface area contributed by atoms with E-state index in [1.807, 2.05) is 36.7 Å². The molecule has 0 bridgehead atoms. The summed E-state index contributed by atoms with van der Waals surface area (Å²) >= 11 is 0. The van der Waals surface area contributed by atoms with Gasteiger partial charge in [-0.25, -0.2) is 0 Å². The van der Waals surface area contributed by atoms with Crippen molar-refractivity contribution in [1.29, 1.82) is 0 Å². The lowest BCUT2D eigenvalue weighted by molar-refractivity contribution is 0.414. The summed E-state index contributed by atoms with van der Waals surface area (Å²) in [5.41, 5.74) is 2.49. The van der Waals surface area contributed by atoms with Crippen LogP contribution in [0.3, 0.4) is 0 Å². The van der Waals surface area contributed by atoms with Crippen LogP contribution in [-0.2, 0) is 13.1 Å². The van der Waals surface area contributed by atoms with Crippen molar-refractivity contribution in [1.82, 2.24) is 10.3 Å². The Morgan fingerprint density at radius 2 is 1.50 bits per heavy atom. The maximum Gasteiger partial charge on any atom is 0.118 e. The number of pyridine rings is 1. The van der Waals surface area contributed by atoms with Gasteiger partial charge in [-0.15, -0.1) is 17.0 Å². The van der Waals surface area contributed by atoms with Crippen LogP contribution in [0.25, 0.3) is 0 Å². The maximum atomic E-state index is 5.12. The number of rotatable bonds is 5. The topological polar surface area (TPSA) is 34.1 Å². The molecule has 0 unspecified atom stereocenters. The summed E-state index contributed by atoms with van der Waals surface area (Å²) in [4.78, 5) is 3.99. The number of nitrogens with zero attached hydrogens (tertiary/aromatic N) is 1. The molecule has 1 aromatic heterocycles. The van der Waals surface area contributed by atoms with Gasteiger partial charge in [0.05, 0.1) is 7.11 Å². The zero-order chi connectivity index (χ0) is 11.9. The molecule has 0 saturated carbocycles. The van der Waals surface area contributed by atoms with Gasteiger partial charge >= 0.3 is 0 Å². The lowest BCUT2D eigenvalue weighted by atomic mass is 10.2. The summed E-state index contributed by atoms with van der Waals surface area (Å²) in [5, 5.41) is 3.39. The van der Waals surface area contributed by atoms with Gasteiger partial charge in [0.15, 0.2) is 0 Å². The molecule has 18 heavy (non-hydrogen) atoms. The Bertz CT molecular complexity index is 445. The van der Waals surface area contributed by atoms with E-state index in [0.717, 1.165) is 18.8 Å². The fourth-order valence-electron chi connectivity index (χ4n) is 1.60. The smallest absolute Gasteiger partial charge is 0.118 e. The molecular formula is C14H17BrN2O. The predicted octanol–water partition coefficient (Wildman–Crippen LogP) is 2.96. The van der Waals surface area contributed by atoms with Gasteiger partial charge in [-0.05, 0) is 35.4 Å². The fourth-order valence-corrected chi connectivity index (χ4v) is 1.60. The molecule has 0 amide bonds. The molecule has 0 spiro atoms. The van der Waals surface area contributed by atoms with E-state index in [1.54, 1.807) is 7.11 Å². The van der Waals surface area contributed by atoms with Crippen molar-refractivity contribution >= 4 is 17.0 Å². The van der Waals surface area contributed by atoms with Gasteiger partial charge in [0.25, 0.3) is 0 Å². The number of halogens is 1. The summed E-state index contributed by atoms with van der Waals surface area (Å²) < 4.78 is 5.12. The molecule has 96 valence electrons. The number of methoxy groups -OCH3 is 1. The molecule has 1 N–H and O–H groups in total. The largest absolute Gasteiger partial charge is 0.497 e. The number of hydrogen-bond donors (Lipinski definition) is 1. The molecule has 3 nitrogen and oxygen atoms in total. The second-order valence-electron chi connectivity index (χ2n) is 3.81. The second kappa shape index (κ2) is 7.84. The molecule has 0 fully saturated rings. The Hall–Kier alpha value is -1.39. The Balaban J connectivity index is 0.00000162. The first-order valence-electron chi connectivity index (χ1n) is 5.61. The molecule has 1 aromatic carbocycles. The van der Waals surface area contributed by atoms with Crippen LogP contribution < -0.4 is 10.1 Å². The van der Waals surface area contributed by atoms with Crippen molar-refractivity contribution in [3.63, 3.8) is 0 Å². The lowest BCUT2D eigenvalue weighted by Crippen LogP contribution is -2.12. The number of nitrogens with one attached hydrogen (secondary N) is 1. The van der Waals surface area contributed by atoms with Crippen molar-refractivity contribution < 1.29 is 4.74 Å². The third-order valence-electron chi connectivity index (χ3n) is 2.57. The number of benzene rings is 1. The molecule has 1 heterocycles. The van der Waals surface area contributed by atoms with Crippen LogP contribution >= 0.6 is 17.0 Å². The summed E-state index contributed by atoms with van der Waals surface area (Å²) in [6, 6.07) is 12.1. The third-order valence-corrected chi connectivity index (χ3v) is 2.57. The minimum atomic E-state index is 0. The molecule has 0 aliphatic rings. The minimum Gasteiger partial charge on any atom is -0.497 e. The van der Waals surface area contributed by atoms with Crippen LogP contribution in [0.4, 0.5) is 0 Å². The fraction of sp³-hybridized carbons (Fsp3) is 0.214. The summed E-state index contributed by atoms with van der Waals surface area (Å²) in [6.45, 7) is 1.71. The highest BCUT2D eigenvalue weighted by molar-refractivity contribution is 8.93. The Morgan fingerprint density at radius 1 is 0.944 bits per heavy atom. The van der Waals surface area contributed by atoms with Crippen molar-refractivity contribution in [3.8, 4) is 5.75 Å². The molecule has 0 radical (unpaired) electrons. The third kappa shape index (κ3) is 4.47. The van der Waals surface area contributed by atoms with Crippen LogP contribution in [0.15, 0.2) is 48.8 Å². The van der Waals surface area contributed by atoms with E-state index in [4.69, 9.17) is 4.74 Å². The average Bonchev–Trinajstić information content (AvgIpc) is 2.41. The van der Waals surface area contributed by atoms with E-state index in [9.17, 15) is 0 Å². The van der Waals surface area contributed by atoms with Crippen LogP contribution in [-0.4, -0.2) is 12.1 Å². The molecule has 0 saturated heterocycles. The van der Waals surface area contributed by atoms with Gasteiger partial charge in [0.1, 0.15) is 5.75 Å². The molecule has 0 aliphatic carbocycles. The molecule has 2 rings (SSSR count). The highest BCUT2D eigenvalue weighted by atomic mass is 79.9. The molecular weight excluding hydrogens is 292 g/mol. The van der Waals surface area contributed by atoms with Gasteiger partial charge in [0.2, 0.25) is 0 Å². The van der Waals surface area contributed by atoms with E-state index in [-0.39, 0.29) is 17.0 Å². The first kappa shape index (κ1) is 14.7. The highest BCUT2D eigenvalue weighted by Gasteiger charge is 1.95. The zero-order valence-electron chi connectivity index (χ0n) is 10.3. The Morgan fingerprint density at radius 3 is 2.06 bits per heavy atom. The molecule has 0 aliphatic heterocycles. The van der Waals surface area contributed by atoms with Crippen LogP contribution in [0.1, 0.15) is 11.1 Å². The van der Waals surface area contributed by atoms with Gasteiger partial charge in [-0.1, -0.05) is 12.1 Å². The predicted molar refractivity (Wildman–Crippen MR) is 78.1 cm³/mol. The first-order chi connectivity index (χ1) is 8.38. The summed E-state index contributed by atoms with van der Waals surface area (Å²) in [7, 11) is 1.68. The standard InChI is InChI=1S/C14H16N2O.BrH/c1-17-14-4-2-12(3-5-14)10-16-11-13-6-8-15-9-7-13;/h2-9,16H,10-11H2,1H3;1H. The van der Waals surface area contributed by atoms with E-state index >= 15 is 0 Å². The zero-order valence-corrected chi connectivity index (χ0v) is 12.0. The van der Waals surface area contributed by atoms with E-state index in [1.165, 1.54) is 11.1 Å². The van der Waals surface area contributed by atoms with Crippen molar-refractivity contribution in [2.24, 2.45) is 0 Å². The van der Waals surface area contributed by atoms with Gasteiger partial charge in [-0.2, -0.15) is 0 Å². The normalized spacial score (nSPS) is 9.61. The maximum absolute atomic E-state index is 5.12. The van der Waals surface area contributed by atoms with Crippen LogP contribution in [0.2, 0.25) is 0 Å². The average molecular weight is 309 g/mol. The van der Waals surface area contributed by atoms with Crippen molar-refractivity contribution in [2.45, 2.75) is 13.1 Å². The van der Waals surface area contributed by atoms with Crippen LogP contribution in [0.5, 0.6) is 5.75 Å². The summed E-state index contributed by atoms with van der Waals surface area (Å²) in [5.74, 6) is 0.892. The van der Waals surface area contributed by atoms with Gasteiger partial charge < -0.3 is 10.1 Å². The quantitative estimate of drug-likeness (QED) is 0.922. The Kier molecular flexibility index (Phi) is 6.39. The SMILES string of the molecule is Br.COc1ccc(CNCc2ccncc2)cc1. The highest BCUT2D eigenvalue weighted by Crippen LogP contribution is 2.11. The van der Waals surface area contributed by atoms with Crippen LogP contribution in [0, 0.1) is 0 Å². The van der Waals surface area contributed by atoms with Gasteiger partial charge in [-0.3, -0.25) is 4.98 Å². The monoisotopic (exact) mass is 308 g/mol. The Labute approximate surface area is 118 Å². The van der Waals surface area contributed by atoms with E-state index in [0.29, 0.717) is 0 Å². The van der Waals surface area contributed by atoms with Crippen molar-refractivity contribution in [3.05, 3.63) is 59.9 Å². The lowest BCUT2D eigenvalue weighted by Gasteiger charge is -2.06. The minimum absolute atomic E-state index is 0.